The van der Waals surface area contributed by atoms with Crippen molar-refractivity contribution in [2.24, 2.45) is 0 Å². The second kappa shape index (κ2) is 4.76. The van der Waals surface area contributed by atoms with Gasteiger partial charge in [0.25, 0.3) is 0 Å². The van der Waals surface area contributed by atoms with Crippen LogP contribution in [0.4, 0.5) is 0 Å². The largest absolute Gasteiger partial charge is 0.251 e. The fourth-order valence-corrected chi connectivity index (χ4v) is 1.78. The van der Waals surface area contributed by atoms with Gasteiger partial charge in [-0.3, -0.25) is 5.26 Å². The molecule has 1 aromatic rings. The third-order valence-corrected chi connectivity index (χ3v) is 2.71. The predicted molar refractivity (Wildman–Crippen MR) is 57.5 cm³/mol. The van der Waals surface area contributed by atoms with Gasteiger partial charge in [0.1, 0.15) is 12.7 Å². The Morgan fingerprint density at radius 1 is 1.38 bits per heavy atom. The fraction of sp³-hybridized carbons (Fsp3) is 0.333. The van der Waals surface area contributed by atoms with E-state index in [2.05, 4.69) is 4.89 Å². The van der Waals surface area contributed by atoms with Crippen LogP contribution in [0.3, 0.4) is 0 Å². The van der Waals surface area contributed by atoms with Crippen LogP contribution in [-0.2, 0) is 20.3 Å². The zero-order chi connectivity index (χ0) is 11.4. The molecule has 0 spiro atoms. The number of rotatable bonds is 3. The molecule has 0 fully saturated rings. The molecule has 0 amide bonds. The quantitative estimate of drug-likeness (QED) is 0.484. The molecule has 16 heavy (non-hydrogen) atoms. The lowest BCUT2D eigenvalue weighted by atomic mass is 9.88. The molecule has 0 saturated heterocycles. The monoisotopic (exact) mass is 222 g/mol. The summed E-state index contributed by atoms with van der Waals surface area (Å²) < 4.78 is 0. The van der Waals surface area contributed by atoms with Crippen molar-refractivity contribution in [2.75, 3.05) is 6.61 Å². The van der Waals surface area contributed by atoms with Crippen molar-refractivity contribution in [3.63, 3.8) is 0 Å². The number of benzene rings is 1. The Labute approximate surface area is 93.9 Å². The maximum atomic E-state index is 8.84. The average molecular weight is 222 g/mol. The molecule has 1 N–H and O–H groups in total. The Bertz CT molecular complexity index is 363. The first-order chi connectivity index (χ1) is 7.79. The van der Waals surface area contributed by atoms with Gasteiger partial charge in [0, 0.05) is 0 Å². The first-order valence-electron chi connectivity index (χ1n) is 5.13. The molecule has 86 valence electrons. The SMILES string of the molecule is CC(OO)C1(c2ccccc2)C=CCOO1. The summed E-state index contributed by atoms with van der Waals surface area (Å²) in [5.41, 5.74) is -0.0265. The Morgan fingerprint density at radius 2 is 2.12 bits per heavy atom. The summed E-state index contributed by atoms with van der Waals surface area (Å²) in [6.07, 6.45) is 3.12. The van der Waals surface area contributed by atoms with Gasteiger partial charge in [-0.15, -0.1) is 0 Å². The summed E-state index contributed by atoms with van der Waals surface area (Å²) in [6.45, 7) is 2.11. The smallest absolute Gasteiger partial charge is 0.175 e. The second-order valence-corrected chi connectivity index (χ2v) is 3.68. The molecule has 2 unspecified atom stereocenters. The molecular formula is C12H14O4. The van der Waals surface area contributed by atoms with E-state index in [1.54, 1.807) is 6.92 Å². The van der Waals surface area contributed by atoms with Gasteiger partial charge in [0.15, 0.2) is 5.60 Å². The minimum absolute atomic E-state index is 0.396. The highest BCUT2D eigenvalue weighted by atomic mass is 17.2. The first kappa shape index (κ1) is 11.3. The maximum absolute atomic E-state index is 8.84. The minimum atomic E-state index is -0.895. The molecule has 4 heteroatoms. The van der Waals surface area contributed by atoms with Crippen LogP contribution >= 0.6 is 0 Å². The molecule has 0 aromatic heterocycles. The zero-order valence-corrected chi connectivity index (χ0v) is 9.00. The third kappa shape index (κ3) is 1.88. The highest BCUT2D eigenvalue weighted by Gasteiger charge is 2.41. The molecule has 0 saturated carbocycles. The van der Waals surface area contributed by atoms with Crippen LogP contribution in [0, 0.1) is 0 Å². The van der Waals surface area contributed by atoms with Gasteiger partial charge in [0.2, 0.25) is 0 Å². The van der Waals surface area contributed by atoms with Crippen LogP contribution < -0.4 is 0 Å². The van der Waals surface area contributed by atoms with Crippen LogP contribution in [0.25, 0.3) is 0 Å². The third-order valence-electron chi connectivity index (χ3n) is 2.71. The van der Waals surface area contributed by atoms with Crippen molar-refractivity contribution in [3.8, 4) is 0 Å². The normalized spacial score (nSPS) is 26.6. The summed E-state index contributed by atoms with van der Waals surface area (Å²) in [6, 6.07) is 9.50. The molecule has 0 aliphatic carbocycles. The van der Waals surface area contributed by atoms with Crippen LogP contribution in [0.2, 0.25) is 0 Å². The summed E-state index contributed by atoms with van der Waals surface area (Å²) in [7, 11) is 0. The molecule has 2 rings (SSSR count). The van der Waals surface area contributed by atoms with Gasteiger partial charge in [-0.1, -0.05) is 36.4 Å². The molecular weight excluding hydrogens is 208 g/mol. The lowest BCUT2D eigenvalue weighted by Gasteiger charge is -2.35. The van der Waals surface area contributed by atoms with E-state index in [-0.39, 0.29) is 0 Å². The van der Waals surface area contributed by atoms with Gasteiger partial charge in [0.05, 0.1) is 0 Å². The standard InChI is InChI=1S/C12H14O4/c1-10(15-13)12(8-5-9-14-16-12)11-6-3-2-4-7-11/h2-8,10,13H,9H2,1H3. The lowest BCUT2D eigenvalue weighted by molar-refractivity contribution is -0.404. The van der Waals surface area contributed by atoms with Gasteiger partial charge >= 0.3 is 0 Å². The highest BCUT2D eigenvalue weighted by Crippen LogP contribution is 2.34. The zero-order valence-electron chi connectivity index (χ0n) is 9.00. The fourth-order valence-electron chi connectivity index (χ4n) is 1.78. The summed E-state index contributed by atoms with van der Waals surface area (Å²) in [4.78, 5) is 14.7. The second-order valence-electron chi connectivity index (χ2n) is 3.68. The Morgan fingerprint density at radius 3 is 2.69 bits per heavy atom. The molecule has 1 aromatic carbocycles. The van der Waals surface area contributed by atoms with E-state index in [4.69, 9.17) is 15.0 Å². The van der Waals surface area contributed by atoms with E-state index >= 15 is 0 Å². The number of hydrogen-bond acceptors (Lipinski definition) is 4. The van der Waals surface area contributed by atoms with E-state index in [9.17, 15) is 0 Å². The summed E-state index contributed by atoms with van der Waals surface area (Å²) >= 11 is 0. The van der Waals surface area contributed by atoms with Gasteiger partial charge < -0.3 is 0 Å². The molecule has 0 radical (unpaired) electrons. The van der Waals surface area contributed by atoms with Crippen molar-refractivity contribution in [2.45, 2.75) is 18.6 Å². The van der Waals surface area contributed by atoms with Crippen molar-refractivity contribution in [3.05, 3.63) is 48.0 Å². The van der Waals surface area contributed by atoms with Crippen LogP contribution in [0.5, 0.6) is 0 Å². The van der Waals surface area contributed by atoms with E-state index in [0.29, 0.717) is 6.61 Å². The van der Waals surface area contributed by atoms with Crippen LogP contribution in [0.15, 0.2) is 42.5 Å². The Kier molecular flexibility index (Phi) is 3.36. The van der Waals surface area contributed by atoms with Crippen molar-refractivity contribution >= 4 is 0 Å². The van der Waals surface area contributed by atoms with Crippen molar-refractivity contribution < 1.29 is 19.9 Å². The summed E-state index contributed by atoms with van der Waals surface area (Å²) in [5.74, 6) is 0. The van der Waals surface area contributed by atoms with Gasteiger partial charge in [-0.2, -0.15) is 0 Å². The molecule has 1 aliphatic heterocycles. The van der Waals surface area contributed by atoms with E-state index in [1.807, 2.05) is 42.5 Å². The Balaban J connectivity index is 2.42. The van der Waals surface area contributed by atoms with Crippen molar-refractivity contribution in [1.29, 1.82) is 0 Å². The lowest BCUT2D eigenvalue weighted by Crippen LogP contribution is -2.41. The Hall–Kier alpha value is -1.20. The topological polar surface area (TPSA) is 47.9 Å². The highest BCUT2D eigenvalue weighted by molar-refractivity contribution is 5.29. The minimum Gasteiger partial charge on any atom is -0.251 e. The first-order valence-corrected chi connectivity index (χ1v) is 5.13. The molecule has 1 heterocycles. The van der Waals surface area contributed by atoms with Gasteiger partial charge in [-0.05, 0) is 18.6 Å². The van der Waals surface area contributed by atoms with Crippen LogP contribution in [0.1, 0.15) is 12.5 Å². The molecule has 0 bridgehead atoms. The van der Waals surface area contributed by atoms with E-state index < -0.39 is 11.7 Å². The van der Waals surface area contributed by atoms with E-state index in [1.165, 1.54) is 0 Å². The number of hydrogen-bond donors (Lipinski definition) is 1. The maximum Gasteiger partial charge on any atom is 0.175 e. The van der Waals surface area contributed by atoms with Crippen molar-refractivity contribution in [1.82, 2.24) is 0 Å². The predicted octanol–water partition coefficient (Wildman–Crippen LogP) is 2.28. The molecule has 1 aliphatic rings. The summed E-state index contributed by atoms with van der Waals surface area (Å²) in [5, 5.41) is 8.84. The van der Waals surface area contributed by atoms with Gasteiger partial charge in [-0.25, -0.2) is 14.7 Å². The molecule has 2 atom stereocenters. The molecule has 4 nitrogen and oxygen atoms in total. The van der Waals surface area contributed by atoms with Crippen LogP contribution in [-0.4, -0.2) is 18.0 Å². The van der Waals surface area contributed by atoms with E-state index in [0.717, 1.165) is 5.56 Å². The average Bonchev–Trinajstić information content (AvgIpc) is 2.39.